The lowest BCUT2D eigenvalue weighted by Crippen LogP contribution is -2.18. The van der Waals surface area contributed by atoms with E-state index in [1.54, 1.807) is 13.0 Å². The molecule has 0 aliphatic carbocycles. The SMILES string of the molecule is CCOC(=O)C(=O)c1nc(C(C)C)n2ccccc12. The van der Waals surface area contributed by atoms with E-state index >= 15 is 0 Å². The third-order valence-electron chi connectivity index (χ3n) is 2.77. The molecule has 5 nitrogen and oxygen atoms in total. The maximum absolute atomic E-state index is 12.0. The minimum Gasteiger partial charge on any atom is -0.460 e. The minimum absolute atomic E-state index is 0.152. The maximum Gasteiger partial charge on any atom is 0.381 e. The number of Topliss-reactive ketones (excluding diaryl/α,β-unsaturated/α-hetero) is 1. The Balaban J connectivity index is 2.55. The molecule has 0 saturated carbocycles. The van der Waals surface area contributed by atoms with Gasteiger partial charge in [0.1, 0.15) is 11.5 Å². The molecule has 0 aliphatic heterocycles. The van der Waals surface area contributed by atoms with Crippen LogP contribution in [0.4, 0.5) is 0 Å². The Bertz CT molecular complexity index is 629. The van der Waals surface area contributed by atoms with Crippen molar-refractivity contribution in [3.05, 3.63) is 35.9 Å². The lowest BCUT2D eigenvalue weighted by Gasteiger charge is -2.02. The topological polar surface area (TPSA) is 60.7 Å². The standard InChI is InChI=1S/C14H16N2O3/c1-4-19-14(18)12(17)11-10-7-5-6-8-16(10)13(15-11)9(2)3/h5-9H,4H2,1-3H3. The van der Waals surface area contributed by atoms with Crippen LogP contribution < -0.4 is 0 Å². The number of hydrogen-bond donors (Lipinski definition) is 0. The quantitative estimate of drug-likeness (QED) is 0.480. The number of pyridine rings is 1. The van der Waals surface area contributed by atoms with Gasteiger partial charge >= 0.3 is 5.97 Å². The van der Waals surface area contributed by atoms with Crippen LogP contribution in [0.5, 0.6) is 0 Å². The number of aromatic nitrogens is 2. The van der Waals surface area contributed by atoms with Crippen molar-refractivity contribution in [1.29, 1.82) is 0 Å². The first-order valence-corrected chi connectivity index (χ1v) is 6.24. The molecule has 0 saturated heterocycles. The molecule has 19 heavy (non-hydrogen) atoms. The van der Waals surface area contributed by atoms with Gasteiger partial charge < -0.3 is 9.14 Å². The molecule has 0 unspecified atom stereocenters. The molecule has 0 fully saturated rings. The summed E-state index contributed by atoms with van der Waals surface area (Å²) >= 11 is 0. The molecule has 100 valence electrons. The van der Waals surface area contributed by atoms with Crippen molar-refractivity contribution in [3.63, 3.8) is 0 Å². The first kappa shape index (κ1) is 13.3. The van der Waals surface area contributed by atoms with Crippen molar-refractivity contribution in [2.45, 2.75) is 26.7 Å². The molecule has 2 heterocycles. The Labute approximate surface area is 111 Å². The fourth-order valence-corrected chi connectivity index (χ4v) is 1.93. The van der Waals surface area contributed by atoms with Crippen molar-refractivity contribution in [1.82, 2.24) is 9.38 Å². The second-order valence-corrected chi connectivity index (χ2v) is 4.48. The van der Waals surface area contributed by atoms with E-state index in [0.29, 0.717) is 5.52 Å². The number of fused-ring (bicyclic) bond motifs is 1. The van der Waals surface area contributed by atoms with Gasteiger partial charge in [-0.05, 0) is 19.1 Å². The number of carbonyl (C=O) groups is 2. The van der Waals surface area contributed by atoms with Crippen LogP contribution in [0.2, 0.25) is 0 Å². The highest BCUT2D eigenvalue weighted by atomic mass is 16.5. The molecule has 2 aromatic heterocycles. The molecule has 5 heteroatoms. The van der Waals surface area contributed by atoms with E-state index in [9.17, 15) is 9.59 Å². The molecule has 0 atom stereocenters. The smallest absolute Gasteiger partial charge is 0.381 e. The Morgan fingerprint density at radius 2 is 2.11 bits per heavy atom. The number of imidazole rings is 1. The third kappa shape index (κ3) is 2.36. The van der Waals surface area contributed by atoms with Crippen LogP contribution in [0.1, 0.15) is 43.0 Å². The van der Waals surface area contributed by atoms with Crippen molar-refractivity contribution >= 4 is 17.3 Å². The van der Waals surface area contributed by atoms with Gasteiger partial charge in [0, 0.05) is 12.1 Å². The summed E-state index contributed by atoms with van der Waals surface area (Å²) in [6.07, 6.45) is 1.83. The van der Waals surface area contributed by atoms with Gasteiger partial charge in [-0.1, -0.05) is 19.9 Å². The van der Waals surface area contributed by atoms with Gasteiger partial charge in [-0.25, -0.2) is 9.78 Å². The normalized spacial score (nSPS) is 10.9. The average molecular weight is 260 g/mol. The second-order valence-electron chi connectivity index (χ2n) is 4.48. The van der Waals surface area contributed by atoms with Crippen LogP contribution in [-0.4, -0.2) is 27.7 Å². The Kier molecular flexibility index (Phi) is 3.64. The Morgan fingerprint density at radius 3 is 2.74 bits per heavy atom. The van der Waals surface area contributed by atoms with Crippen LogP contribution >= 0.6 is 0 Å². The van der Waals surface area contributed by atoms with Crippen molar-refractivity contribution < 1.29 is 14.3 Å². The lowest BCUT2D eigenvalue weighted by atomic mass is 10.2. The summed E-state index contributed by atoms with van der Waals surface area (Å²) in [4.78, 5) is 27.9. The van der Waals surface area contributed by atoms with Crippen LogP contribution in [0.15, 0.2) is 24.4 Å². The highest BCUT2D eigenvalue weighted by Crippen LogP contribution is 2.20. The number of hydrogen-bond acceptors (Lipinski definition) is 4. The number of nitrogens with zero attached hydrogens (tertiary/aromatic N) is 2. The molecule has 0 amide bonds. The summed E-state index contributed by atoms with van der Waals surface area (Å²) in [6, 6.07) is 5.44. The maximum atomic E-state index is 12.0. The molecule has 0 bridgehead atoms. The fourth-order valence-electron chi connectivity index (χ4n) is 1.93. The molecule has 0 N–H and O–H groups in total. The zero-order chi connectivity index (χ0) is 14.0. The first-order valence-electron chi connectivity index (χ1n) is 6.24. The molecule has 2 aromatic rings. The van der Waals surface area contributed by atoms with E-state index in [-0.39, 0.29) is 18.2 Å². The Morgan fingerprint density at radius 1 is 1.37 bits per heavy atom. The third-order valence-corrected chi connectivity index (χ3v) is 2.77. The van der Waals surface area contributed by atoms with Gasteiger partial charge in [-0.15, -0.1) is 0 Å². The Hall–Kier alpha value is -2.17. The van der Waals surface area contributed by atoms with E-state index in [1.165, 1.54) is 0 Å². The zero-order valence-corrected chi connectivity index (χ0v) is 11.2. The van der Waals surface area contributed by atoms with Gasteiger partial charge in [-0.3, -0.25) is 4.79 Å². The second kappa shape index (κ2) is 5.22. The number of rotatable bonds is 4. The predicted octanol–water partition coefficient (Wildman–Crippen LogP) is 2.20. The van der Waals surface area contributed by atoms with Crippen molar-refractivity contribution in [2.24, 2.45) is 0 Å². The van der Waals surface area contributed by atoms with E-state index in [0.717, 1.165) is 5.82 Å². The van der Waals surface area contributed by atoms with Crippen LogP contribution in [0.25, 0.3) is 5.52 Å². The number of esters is 1. The molecule has 2 rings (SSSR count). The van der Waals surface area contributed by atoms with Crippen molar-refractivity contribution in [3.8, 4) is 0 Å². The van der Waals surface area contributed by atoms with E-state index in [2.05, 4.69) is 4.98 Å². The van der Waals surface area contributed by atoms with E-state index in [1.807, 2.05) is 36.6 Å². The summed E-state index contributed by atoms with van der Waals surface area (Å²) < 4.78 is 6.57. The molecule has 0 aliphatic rings. The molecule has 0 aromatic carbocycles. The summed E-state index contributed by atoms with van der Waals surface area (Å²) in [7, 11) is 0. The van der Waals surface area contributed by atoms with Gasteiger partial charge in [0.25, 0.3) is 5.78 Å². The average Bonchev–Trinajstić information content (AvgIpc) is 2.78. The van der Waals surface area contributed by atoms with Crippen LogP contribution in [0, 0.1) is 0 Å². The predicted molar refractivity (Wildman–Crippen MR) is 70.2 cm³/mol. The highest BCUT2D eigenvalue weighted by Gasteiger charge is 2.25. The fraction of sp³-hybridized carbons (Fsp3) is 0.357. The monoisotopic (exact) mass is 260 g/mol. The minimum atomic E-state index is -0.860. The molecule has 0 radical (unpaired) electrons. The largest absolute Gasteiger partial charge is 0.460 e. The highest BCUT2D eigenvalue weighted by molar-refractivity contribution is 6.41. The molecular formula is C14H16N2O3. The summed E-state index contributed by atoms with van der Waals surface area (Å²) in [5.74, 6) is -0.652. The van der Waals surface area contributed by atoms with Gasteiger partial charge in [-0.2, -0.15) is 0 Å². The first-order chi connectivity index (χ1) is 9.06. The van der Waals surface area contributed by atoms with Crippen LogP contribution in [0.3, 0.4) is 0 Å². The van der Waals surface area contributed by atoms with E-state index < -0.39 is 11.8 Å². The number of carbonyl (C=O) groups excluding carboxylic acids is 2. The zero-order valence-electron chi connectivity index (χ0n) is 11.2. The lowest BCUT2D eigenvalue weighted by molar-refractivity contribution is -0.137. The molecular weight excluding hydrogens is 244 g/mol. The molecule has 0 spiro atoms. The summed E-state index contributed by atoms with van der Waals surface area (Å²) in [6.45, 7) is 5.81. The van der Waals surface area contributed by atoms with Gasteiger partial charge in [0.15, 0.2) is 0 Å². The number of ether oxygens (including phenoxy) is 1. The van der Waals surface area contributed by atoms with Crippen molar-refractivity contribution in [2.75, 3.05) is 6.61 Å². The summed E-state index contributed by atoms with van der Waals surface area (Å²) in [5, 5.41) is 0. The van der Waals surface area contributed by atoms with Gasteiger partial charge in [0.2, 0.25) is 0 Å². The summed E-state index contributed by atoms with van der Waals surface area (Å²) in [5.41, 5.74) is 0.784. The van der Waals surface area contributed by atoms with Crippen LogP contribution in [-0.2, 0) is 9.53 Å². The van der Waals surface area contributed by atoms with Gasteiger partial charge in [0.05, 0.1) is 12.1 Å². The van der Waals surface area contributed by atoms with E-state index in [4.69, 9.17) is 4.74 Å². The number of ketones is 1.